The number of ether oxygens (including phenoxy) is 2. The average Bonchev–Trinajstić information content (AvgIpc) is 3.11. The number of benzene rings is 1. The highest BCUT2D eigenvalue weighted by molar-refractivity contribution is 6.45. The van der Waals surface area contributed by atoms with Crippen LogP contribution in [0.1, 0.15) is 31.9 Å². The fourth-order valence-corrected chi connectivity index (χ4v) is 3.27. The minimum Gasteiger partial charge on any atom is -0.494 e. The Bertz CT molecular complexity index is 837. The standard InChI is InChI=1S/C19H23N3O6/c1-4-21-17(24)18(25)22(19(21)26)10-16(23)20-9-13-8-15-12(6-11(3)28-15)7-14(13)27-5-2/h7-8,11H,4-6,9-10H2,1-3H3,(H,20,23). The number of hydrogen-bond donors (Lipinski definition) is 1. The second-order valence-electron chi connectivity index (χ2n) is 6.63. The third kappa shape index (κ3) is 3.64. The van der Waals surface area contributed by atoms with Crippen LogP contribution in [0.4, 0.5) is 4.79 Å². The molecule has 1 aromatic rings. The number of urea groups is 1. The third-order valence-electron chi connectivity index (χ3n) is 4.61. The first-order valence-corrected chi connectivity index (χ1v) is 9.24. The summed E-state index contributed by atoms with van der Waals surface area (Å²) in [6.07, 6.45) is 0.879. The first kappa shape index (κ1) is 19.7. The normalized spacial score (nSPS) is 18.4. The highest BCUT2D eigenvalue weighted by Crippen LogP contribution is 2.35. The van der Waals surface area contributed by atoms with Crippen LogP contribution in [0.3, 0.4) is 0 Å². The average molecular weight is 389 g/mol. The van der Waals surface area contributed by atoms with Gasteiger partial charge in [-0.25, -0.2) is 9.69 Å². The molecular formula is C19H23N3O6. The molecule has 0 aromatic heterocycles. The Morgan fingerprint density at radius 2 is 1.93 bits per heavy atom. The van der Waals surface area contributed by atoms with E-state index in [-0.39, 0.29) is 19.2 Å². The number of hydrogen-bond acceptors (Lipinski definition) is 6. The zero-order valence-electron chi connectivity index (χ0n) is 16.1. The van der Waals surface area contributed by atoms with Gasteiger partial charge < -0.3 is 14.8 Å². The Labute approximate surface area is 162 Å². The molecule has 0 spiro atoms. The minimum atomic E-state index is -0.989. The highest BCUT2D eigenvalue weighted by atomic mass is 16.5. The van der Waals surface area contributed by atoms with Crippen LogP contribution >= 0.6 is 0 Å². The summed E-state index contributed by atoms with van der Waals surface area (Å²) in [6.45, 7) is 5.61. The van der Waals surface area contributed by atoms with Crippen molar-refractivity contribution in [2.75, 3.05) is 19.7 Å². The lowest BCUT2D eigenvalue weighted by atomic mass is 10.1. The zero-order valence-corrected chi connectivity index (χ0v) is 16.1. The zero-order chi connectivity index (χ0) is 20.4. The molecule has 1 saturated heterocycles. The van der Waals surface area contributed by atoms with Gasteiger partial charge in [-0.3, -0.25) is 19.3 Å². The molecule has 1 fully saturated rings. The molecule has 2 heterocycles. The largest absolute Gasteiger partial charge is 0.494 e. The number of rotatable bonds is 7. The SMILES string of the molecule is CCOc1cc2c(cc1CNC(=O)CN1C(=O)C(=O)N(CC)C1=O)OC(C)C2. The second-order valence-corrected chi connectivity index (χ2v) is 6.63. The van der Waals surface area contributed by atoms with Crippen molar-refractivity contribution in [3.8, 4) is 11.5 Å². The molecule has 9 heteroatoms. The molecule has 1 N–H and O–H groups in total. The smallest absolute Gasteiger partial charge is 0.334 e. The Morgan fingerprint density at radius 3 is 2.57 bits per heavy atom. The van der Waals surface area contributed by atoms with E-state index in [1.807, 2.05) is 26.0 Å². The van der Waals surface area contributed by atoms with E-state index >= 15 is 0 Å². The van der Waals surface area contributed by atoms with Gasteiger partial charge in [-0.2, -0.15) is 0 Å². The van der Waals surface area contributed by atoms with Gasteiger partial charge in [-0.05, 0) is 32.9 Å². The van der Waals surface area contributed by atoms with Gasteiger partial charge in [0, 0.05) is 30.6 Å². The fourth-order valence-electron chi connectivity index (χ4n) is 3.27. The van der Waals surface area contributed by atoms with Crippen molar-refractivity contribution in [2.45, 2.75) is 39.8 Å². The Balaban J connectivity index is 1.66. The van der Waals surface area contributed by atoms with Gasteiger partial charge in [0.2, 0.25) is 5.91 Å². The lowest BCUT2D eigenvalue weighted by Gasteiger charge is -2.15. The van der Waals surface area contributed by atoms with Gasteiger partial charge in [-0.1, -0.05) is 0 Å². The molecule has 5 amide bonds. The molecule has 1 unspecified atom stereocenters. The van der Waals surface area contributed by atoms with Crippen molar-refractivity contribution in [2.24, 2.45) is 0 Å². The summed E-state index contributed by atoms with van der Waals surface area (Å²) < 4.78 is 11.4. The monoisotopic (exact) mass is 389 g/mol. The van der Waals surface area contributed by atoms with Crippen molar-refractivity contribution in [3.05, 3.63) is 23.3 Å². The predicted octanol–water partition coefficient (Wildman–Crippen LogP) is 0.836. The molecule has 0 aliphatic carbocycles. The van der Waals surface area contributed by atoms with Gasteiger partial charge in [0.1, 0.15) is 24.1 Å². The van der Waals surface area contributed by atoms with E-state index < -0.39 is 30.3 Å². The number of nitrogens with one attached hydrogen (secondary N) is 1. The van der Waals surface area contributed by atoms with Crippen LogP contribution in [0.5, 0.6) is 11.5 Å². The molecule has 2 aliphatic heterocycles. The Morgan fingerprint density at radius 1 is 1.21 bits per heavy atom. The molecule has 0 saturated carbocycles. The van der Waals surface area contributed by atoms with Crippen LogP contribution in [0, 0.1) is 0 Å². The third-order valence-corrected chi connectivity index (χ3v) is 4.61. The molecular weight excluding hydrogens is 366 g/mol. The summed E-state index contributed by atoms with van der Waals surface area (Å²) in [5.41, 5.74) is 1.78. The Hall–Kier alpha value is -3.10. The number of fused-ring (bicyclic) bond motifs is 1. The van der Waals surface area contributed by atoms with Crippen molar-refractivity contribution in [1.82, 2.24) is 15.1 Å². The summed E-state index contributed by atoms with van der Waals surface area (Å²) in [5, 5.41) is 2.67. The molecule has 3 rings (SSSR count). The number of amides is 5. The molecule has 28 heavy (non-hydrogen) atoms. The molecule has 1 atom stereocenters. The van der Waals surface area contributed by atoms with Crippen LogP contribution in [-0.2, 0) is 27.3 Å². The molecule has 0 bridgehead atoms. The summed E-state index contributed by atoms with van der Waals surface area (Å²) in [4.78, 5) is 49.4. The van der Waals surface area contributed by atoms with Crippen molar-refractivity contribution in [3.63, 3.8) is 0 Å². The maximum atomic E-state index is 12.3. The minimum absolute atomic E-state index is 0.0762. The summed E-state index contributed by atoms with van der Waals surface area (Å²) in [5.74, 6) is -1.04. The highest BCUT2D eigenvalue weighted by Gasteiger charge is 2.44. The van der Waals surface area contributed by atoms with Crippen molar-refractivity contribution in [1.29, 1.82) is 0 Å². The number of imide groups is 2. The van der Waals surface area contributed by atoms with E-state index in [4.69, 9.17) is 9.47 Å². The summed E-state index contributed by atoms with van der Waals surface area (Å²) in [6, 6.07) is 2.97. The van der Waals surface area contributed by atoms with Gasteiger partial charge in [0.05, 0.1) is 6.61 Å². The summed E-state index contributed by atoms with van der Waals surface area (Å²) >= 11 is 0. The number of nitrogens with zero attached hydrogens (tertiary/aromatic N) is 2. The topological polar surface area (TPSA) is 105 Å². The van der Waals surface area contributed by atoms with Crippen molar-refractivity contribution < 1.29 is 28.7 Å². The van der Waals surface area contributed by atoms with E-state index in [9.17, 15) is 19.2 Å². The van der Waals surface area contributed by atoms with E-state index in [1.165, 1.54) is 0 Å². The van der Waals surface area contributed by atoms with E-state index in [0.717, 1.165) is 28.2 Å². The van der Waals surface area contributed by atoms with Gasteiger partial charge in [0.25, 0.3) is 0 Å². The molecule has 0 radical (unpaired) electrons. The lowest BCUT2D eigenvalue weighted by Crippen LogP contribution is -2.41. The quantitative estimate of drug-likeness (QED) is 0.547. The van der Waals surface area contributed by atoms with Gasteiger partial charge in [0.15, 0.2) is 0 Å². The fraction of sp³-hybridized carbons (Fsp3) is 0.474. The molecule has 150 valence electrons. The molecule has 9 nitrogen and oxygen atoms in total. The maximum absolute atomic E-state index is 12.3. The molecule has 2 aliphatic rings. The molecule has 1 aromatic carbocycles. The van der Waals surface area contributed by atoms with Crippen LogP contribution in [0.2, 0.25) is 0 Å². The van der Waals surface area contributed by atoms with Crippen LogP contribution < -0.4 is 14.8 Å². The van der Waals surface area contributed by atoms with Crippen molar-refractivity contribution >= 4 is 23.8 Å². The van der Waals surface area contributed by atoms with Crippen LogP contribution in [0.15, 0.2) is 12.1 Å². The van der Waals surface area contributed by atoms with Crippen LogP contribution in [-0.4, -0.2) is 59.4 Å². The maximum Gasteiger partial charge on any atom is 0.334 e. The number of likely N-dealkylation sites (N-methyl/N-ethyl adjacent to an activating group) is 1. The number of carbonyl (C=O) groups is 4. The van der Waals surface area contributed by atoms with E-state index in [0.29, 0.717) is 17.3 Å². The predicted molar refractivity (Wildman–Crippen MR) is 97.7 cm³/mol. The summed E-state index contributed by atoms with van der Waals surface area (Å²) in [7, 11) is 0. The first-order valence-electron chi connectivity index (χ1n) is 9.24. The van der Waals surface area contributed by atoms with Gasteiger partial charge in [-0.15, -0.1) is 0 Å². The lowest BCUT2D eigenvalue weighted by molar-refractivity contribution is -0.143. The van der Waals surface area contributed by atoms with Crippen LogP contribution in [0.25, 0.3) is 0 Å². The first-order chi connectivity index (χ1) is 13.3. The van der Waals surface area contributed by atoms with E-state index in [1.54, 1.807) is 6.92 Å². The van der Waals surface area contributed by atoms with E-state index in [2.05, 4.69) is 5.32 Å². The number of carbonyl (C=O) groups excluding carboxylic acids is 4. The van der Waals surface area contributed by atoms with Gasteiger partial charge >= 0.3 is 17.8 Å². The Kier molecular flexibility index (Phi) is 5.53. The second kappa shape index (κ2) is 7.87.